The summed E-state index contributed by atoms with van der Waals surface area (Å²) in [6, 6.07) is -0.0700. The van der Waals surface area contributed by atoms with Crippen LogP contribution in [0.2, 0.25) is 0 Å². The zero-order chi connectivity index (χ0) is 23.0. The summed E-state index contributed by atoms with van der Waals surface area (Å²) in [4.78, 5) is 23.9. The molecule has 9 nitrogen and oxygen atoms in total. The molecule has 3 aromatic rings. The third kappa shape index (κ3) is 4.42. The van der Waals surface area contributed by atoms with E-state index in [0.717, 1.165) is 93.1 Å². The summed E-state index contributed by atoms with van der Waals surface area (Å²) >= 11 is 1.49. The number of thiazole rings is 1. The number of carbonyl (C=O) groups excluding carboxylic acids is 1. The Labute approximate surface area is 202 Å². The Morgan fingerprint density at radius 3 is 2.94 bits per heavy atom. The second kappa shape index (κ2) is 9.24. The molecule has 10 heteroatoms. The van der Waals surface area contributed by atoms with Crippen LogP contribution in [0.15, 0.2) is 24.8 Å². The normalized spacial score (nSPS) is 22.5. The van der Waals surface area contributed by atoms with Gasteiger partial charge < -0.3 is 14.4 Å². The van der Waals surface area contributed by atoms with Gasteiger partial charge in [-0.1, -0.05) is 11.3 Å². The number of rotatable bonds is 4. The molecule has 6 heterocycles. The fourth-order valence-electron chi connectivity index (χ4n) is 5.42. The average molecular weight is 483 g/mol. The first-order valence-corrected chi connectivity index (χ1v) is 13.0. The van der Waals surface area contributed by atoms with Crippen molar-refractivity contribution in [2.45, 2.75) is 38.6 Å². The molecule has 1 N–H and O–H groups in total. The molecule has 0 radical (unpaired) electrons. The second-order valence-corrected chi connectivity index (χ2v) is 10.8. The minimum Gasteiger partial charge on any atom is -0.381 e. The lowest BCUT2D eigenvalue weighted by atomic mass is 9.80. The van der Waals surface area contributed by atoms with E-state index in [2.05, 4.69) is 26.6 Å². The molecule has 3 fully saturated rings. The minimum atomic E-state index is -0.0700. The molecule has 0 aliphatic carbocycles. The predicted octanol–water partition coefficient (Wildman–Crippen LogP) is 4.02. The lowest BCUT2D eigenvalue weighted by Crippen LogP contribution is -2.37. The Morgan fingerprint density at radius 2 is 2.09 bits per heavy atom. The number of anilines is 1. The third-order valence-electron chi connectivity index (χ3n) is 7.44. The highest BCUT2D eigenvalue weighted by molar-refractivity contribution is 7.22. The largest absolute Gasteiger partial charge is 0.381 e. The highest BCUT2D eigenvalue weighted by Gasteiger charge is 2.41. The van der Waals surface area contributed by atoms with Gasteiger partial charge in [0.15, 0.2) is 5.13 Å². The molecular formula is C24H30N6O3S. The van der Waals surface area contributed by atoms with Crippen molar-refractivity contribution in [1.29, 1.82) is 0 Å². The van der Waals surface area contributed by atoms with Gasteiger partial charge in [-0.15, -0.1) is 0 Å². The lowest BCUT2D eigenvalue weighted by Gasteiger charge is -2.33. The van der Waals surface area contributed by atoms with Crippen molar-refractivity contribution in [1.82, 2.24) is 24.6 Å². The number of hydrogen-bond acceptors (Lipinski definition) is 7. The molecule has 3 saturated heterocycles. The van der Waals surface area contributed by atoms with Gasteiger partial charge in [0, 0.05) is 68.9 Å². The van der Waals surface area contributed by atoms with Crippen molar-refractivity contribution in [2.75, 3.05) is 44.8 Å². The van der Waals surface area contributed by atoms with Crippen molar-refractivity contribution in [3.05, 3.63) is 24.8 Å². The summed E-state index contributed by atoms with van der Waals surface area (Å²) in [7, 11) is 0. The van der Waals surface area contributed by atoms with Gasteiger partial charge in [-0.2, -0.15) is 5.10 Å². The summed E-state index contributed by atoms with van der Waals surface area (Å²) in [5.41, 5.74) is 3.01. The van der Waals surface area contributed by atoms with Crippen LogP contribution in [0.1, 0.15) is 32.1 Å². The van der Waals surface area contributed by atoms with Crippen molar-refractivity contribution in [3.63, 3.8) is 0 Å². The van der Waals surface area contributed by atoms with Crippen molar-refractivity contribution in [3.8, 4) is 11.1 Å². The SMILES string of the molecule is O=C(Nc1nc2cncc(-c3cnn(C[C@@H]4CCCOC4)c3)c2s1)N1CCC2(CCOCC2)C1. The molecule has 0 bridgehead atoms. The highest BCUT2D eigenvalue weighted by Crippen LogP contribution is 2.40. The third-order valence-corrected chi connectivity index (χ3v) is 8.46. The van der Waals surface area contributed by atoms with E-state index in [1.165, 1.54) is 17.8 Å². The van der Waals surface area contributed by atoms with E-state index in [0.29, 0.717) is 11.0 Å². The summed E-state index contributed by atoms with van der Waals surface area (Å²) in [5, 5.41) is 8.21. The number of amides is 2. The first kappa shape index (κ1) is 21.9. The fraction of sp³-hybridized carbons (Fsp3) is 0.583. The number of fused-ring (bicyclic) bond motifs is 1. The number of urea groups is 1. The molecule has 1 atom stereocenters. The molecule has 0 saturated carbocycles. The summed E-state index contributed by atoms with van der Waals surface area (Å²) < 4.78 is 14.1. The maximum Gasteiger partial charge on any atom is 0.323 e. The number of nitrogens with one attached hydrogen (secondary N) is 1. The summed E-state index contributed by atoms with van der Waals surface area (Å²) in [6.45, 7) is 5.71. The van der Waals surface area contributed by atoms with Crippen molar-refractivity contribution >= 4 is 32.7 Å². The molecule has 3 aliphatic rings. The van der Waals surface area contributed by atoms with E-state index >= 15 is 0 Å². The van der Waals surface area contributed by atoms with Crippen LogP contribution in [-0.4, -0.2) is 70.2 Å². The minimum absolute atomic E-state index is 0.0700. The van der Waals surface area contributed by atoms with E-state index in [1.54, 1.807) is 6.20 Å². The predicted molar refractivity (Wildman–Crippen MR) is 130 cm³/mol. The molecule has 3 aromatic heterocycles. The van der Waals surface area contributed by atoms with Crippen molar-refractivity contribution < 1.29 is 14.3 Å². The number of aromatic nitrogens is 4. The summed E-state index contributed by atoms with van der Waals surface area (Å²) in [5.74, 6) is 0.506. The highest BCUT2D eigenvalue weighted by atomic mass is 32.1. The van der Waals surface area contributed by atoms with Gasteiger partial charge in [0.2, 0.25) is 0 Å². The van der Waals surface area contributed by atoms with Gasteiger partial charge in [0.1, 0.15) is 5.52 Å². The number of carbonyl (C=O) groups is 1. The van der Waals surface area contributed by atoms with E-state index in [1.807, 2.05) is 22.0 Å². The Balaban J connectivity index is 1.16. The zero-order valence-corrected chi connectivity index (χ0v) is 20.1. The molecule has 180 valence electrons. The molecule has 3 aliphatic heterocycles. The van der Waals surface area contributed by atoms with Crippen LogP contribution in [0.25, 0.3) is 21.3 Å². The van der Waals surface area contributed by atoms with E-state index in [-0.39, 0.29) is 11.4 Å². The molecule has 1 spiro atoms. The standard InChI is InChI=1S/C24H30N6O3S/c31-23(29-6-3-24(16-29)4-8-32-9-5-24)28-22-27-20-12-25-11-19(21(20)34-22)18-10-26-30(14-18)13-17-2-1-7-33-15-17/h10-12,14,17H,1-9,13,15-16H2,(H,27,28,31)/t17-/m0/s1. The zero-order valence-electron chi connectivity index (χ0n) is 19.2. The molecule has 0 unspecified atom stereocenters. The monoisotopic (exact) mass is 482 g/mol. The van der Waals surface area contributed by atoms with Gasteiger partial charge in [-0.25, -0.2) is 9.78 Å². The van der Waals surface area contributed by atoms with Crippen LogP contribution in [0.5, 0.6) is 0 Å². The van der Waals surface area contributed by atoms with Gasteiger partial charge in [0.25, 0.3) is 0 Å². The molecule has 6 rings (SSSR count). The smallest absolute Gasteiger partial charge is 0.323 e. The van der Waals surface area contributed by atoms with Crippen molar-refractivity contribution in [2.24, 2.45) is 11.3 Å². The van der Waals surface area contributed by atoms with E-state index in [9.17, 15) is 4.79 Å². The second-order valence-electron chi connectivity index (χ2n) is 9.80. The van der Waals surface area contributed by atoms with Crippen LogP contribution in [0, 0.1) is 11.3 Å². The average Bonchev–Trinajstić information content (AvgIpc) is 3.59. The van der Waals surface area contributed by atoms with Crippen LogP contribution in [0.4, 0.5) is 9.93 Å². The number of likely N-dealkylation sites (tertiary alicyclic amines) is 1. The van der Waals surface area contributed by atoms with Gasteiger partial charge in [-0.3, -0.25) is 15.0 Å². The van der Waals surface area contributed by atoms with Gasteiger partial charge in [0.05, 0.1) is 23.7 Å². The molecule has 0 aromatic carbocycles. The van der Waals surface area contributed by atoms with Gasteiger partial charge >= 0.3 is 6.03 Å². The number of ether oxygens (including phenoxy) is 2. The molecule has 2 amide bonds. The number of hydrogen-bond donors (Lipinski definition) is 1. The number of pyridine rings is 1. The first-order valence-electron chi connectivity index (χ1n) is 12.2. The lowest BCUT2D eigenvalue weighted by molar-refractivity contribution is 0.0211. The molecule has 34 heavy (non-hydrogen) atoms. The quantitative estimate of drug-likeness (QED) is 0.604. The molecular weight excluding hydrogens is 452 g/mol. The van der Waals surface area contributed by atoms with Gasteiger partial charge in [-0.05, 0) is 37.5 Å². The van der Waals surface area contributed by atoms with E-state index < -0.39 is 0 Å². The van der Waals surface area contributed by atoms with Crippen LogP contribution in [-0.2, 0) is 16.0 Å². The maximum absolute atomic E-state index is 13.0. The Kier molecular flexibility index (Phi) is 5.96. The summed E-state index contributed by atoms with van der Waals surface area (Å²) in [6.07, 6.45) is 13.0. The van der Waals surface area contributed by atoms with Crippen LogP contribution in [0.3, 0.4) is 0 Å². The number of nitrogens with zero attached hydrogens (tertiary/aromatic N) is 5. The fourth-order valence-corrected chi connectivity index (χ4v) is 6.38. The van der Waals surface area contributed by atoms with Crippen LogP contribution < -0.4 is 5.32 Å². The Morgan fingerprint density at radius 1 is 1.18 bits per heavy atom. The Bertz CT molecular complexity index is 1160. The maximum atomic E-state index is 13.0. The topological polar surface area (TPSA) is 94.4 Å². The Hall–Kier alpha value is -2.56. The van der Waals surface area contributed by atoms with E-state index in [4.69, 9.17) is 9.47 Å². The van der Waals surface area contributed by atoms with Crippen LogP contribution >= 0.6 is 11.3 Å². The first-order chi connectivity index (χ1) is 16.7.